The molecule has 0 fully saturated rings. The third-order valence-electron chi connectivity index (χ3n) is 4.17. The van der Waals surface area contributed by atoms with Crippen molar-refractivity contribution in [2.24, 2.45) is 0 Å². The second-order valence-corrected chi connectivity index (χ2v) is 5.87. The van der Waals surface area contributed by atoms with Crippen molar-refractivity contribution < 1.29 is 9.53 Å². The van der Waals surface area contributed by atoms with Crippen LogP contribution in [0.2, 0.25) is 0 Å². The van der Waals surface area contributed by atoms with E-state index in [1.807, 2.05) is 31.3 Å². The molecule has 5 nitrogen and oxygen atoms in total. The van der Waals surface area contributed by atoms with Crippen LogP contribution >= 0.6 is 0 Å². The maximum absolute atomic E-state index is 12.3. The van der Waals surface area contributed by atoms with Gasteiger partial charge in [0.05, 0.1) is 19.7 Å². The second-order valence-electron chi connectivity index (χ2n) is 5.87. The van der Waals surface area contributed by atoms with Crippen molar-refractivity contribution in [1.82, 2.24) is 15.5 Å². The fraction of sp³-hybridized carbons (Fsp3) is 0.412. The van der Waals surface area contributed by atoms with Crippen LogP contribution in [0.1, 0.15) is 28.8 Å². The smallest absolute Gasteiger partial charge is 0.224 e. The predicted octanol–water partition coefficient (Wildman–Crippen LogP) is 1.94. The number of hydrogen-bond acceptors (Lipinski definition) is 3. The number of carbonyl (C=O) groups is 1. The molecule has 1 heterocycles. The van der Waals surface area contributed by atoms with Gasteiger partial charge in [-0.2, -0.15) is 5.10 Å². The maximum atomic E-state index is 12.3. The molecule has 5 heteroatoms. The van der Waals surface area contributed by atoms with E-state index >= 15 is 0 Å². The minimum Gasteiger partial charge on any atom is -0.496 e. The van der Waals surface area contributed by atoms with Gasteiger partial charge in [0, 0.05) is 23.7 Å². The highest BCUT2D eigenvalue weighted by Gasteiger charge is 2.22. The van der Waals surface area contributed by atoms with Crippen molar-refractivity contribution in [3.05, 3.63) is 46.8 Å². The fourth-order valence-electron chi connectivity index (χ4n) is 3.03. The van der Waals surface area contributed by atoms with Gasteiger partial charge in [-0.15, -0.1) is 0 Å². The van der Waals surface area contributed by atoms with Gasteiger partial charge in [0.1, 0.15) is 5.75 Å². The Balaban J connectivity index is 1.63. The molecule has 3 rings (SSSR count). The zero-order valence-corrected chi connectivity index (χ0v) is 13.0. The number of nitrogens with zero attached hydrogens (tertiary/aromatic N) is 1. The SMILES string of the molecule is COc1ccc(C)cc1CC(=O)NC1CCc2cn[nH]c2C1. The predicted molar refractivity (Wildman–Crippen MR) is 84.0 cm³/mol. The Morgan fingerprint density at radius 3 is 3.18 bits per heavy atom. The van der Waals surface area contributed by atoms with Gasteiger partial charge in [0.2, 0.25) is 5.91 Å². The first-order valence-electron chi connectivity index (χ1n) is 7.59. The highest BCUT2D eigenvalue weighted by atomic mass is 16.5. The molecule has 1 unspecified atom stereocenters. The number of benzene rings is 1. The molecular weight excluding hydrogens is 278 g/mol. The van der Waals surface area contributed by atoms with Crippen molar-refractivity contribution in [2.75, 3.05) is 7.11 Å². The molecule has 0 bridgehead atoms. The Labute approximate surface area is 130 Å². The van der Waals surface area contributed by atoms with Crippen molar-refractivity contribution >= 4 is 5.91 Å². The molecule has 0 aliphatic heterocycles. The minimum atomic E-state index is 0.0388. The van der Waals surface area contributed by atoms with E-state index < -0.39 is 0 Å². The summed E-state index contributed by atoms with van der Waals surface area (Å²) in [5.74, 6) is 0.803. The third kappa shape index (κ3) is 3.13. The summed E-state index contributed by atoms with van der Waals surface area (Å²) in [5.41, 5.74) is 4.47. The lowest BCUT2D eigenvalue weighted by atomic mass is 9.93. The third-order valence-corrected chi connectivity index (χ3v) is 4.17. The molecule has 1 amide bonds. The molecule has 1 aromatic carbocycles. The van der Waals surface area contributed by atoms with Crippen LogP contribution in [0.25, 0.3) is 0 Å². The largest absolute Gasteiger partial charge is 0.496 e. The van der Waals surface area contributed by atoms with Crippen LogP contribution in [0.5, 0.6) is 5.75 Å². The van der Waals surface area contributed by atoms with Crippen molar-refractivity contribution in [1.29, 1.82) is 0 Å². The minimum absolute atomic E-state index is 0.0388. The van der Waals surface area contributed by atoms with E-state index in [-0.39, 0.29) is 11.9 Å². The number of H-pyrrole nitrogens is 1. The van der Waals surface area contributed by atoms with Gasteiger partial charge in [-0.05, 0) is 31.4 Å². The van der Waals surface area contributed by atoms with E-state index in [1.54, 1.807) is 7.11 Å². The molecule has 1 aliphatic rings. The number of hydrogen-bond donors (Lipinski definition) is 2. The number of amides is 1. The molecule has 1 atom stereocenters. The van der Waals surface area contributed by atoms with Gasteiger partial charge in [0.25, 0.3) is 0 Å². The van der Waals surface area contributed by atoms with E-state index in [0.29, 0.717) is 6.42 Å². The zero-order valence-electron chi connectivity index (χ0n) is 13.0. The molecule has 2 aromatic rings. The number of ether oxygens (including phenoxy) is 1. The summed E-state index contributed by atoms with van der Waals surface area (Å²) in [6.45, 7) is 2.02. The van der Waals surface area contributed by atoms with Gasteiger partial charge in [-0.3, -0.25) is 9.89 Å². The van der Waals surface area contributed by atoms with Gasteiger partial charge < -0.3 is 10.1 Å². The van der Waals surface area contributed by atoms with Crippen LogP contribution < -0.4 is 10.1 Å². The normalized spacial score (nSPS) is 16.9. The average molecular weight is 299 g/mol. The number of fused-ring (bicyclic) bond motifs is 1. The van der Waals surface area contributed by atoms with Crippen molar-refractivity contribution in [3.8, 4) is 5.75 Å². The molecule has 0 spiro atoms. The summed E-state index contributed by atoms with van der Waals surface area (Å²) in [5, 5.41) is 10.2. The van der Waals surface area contributed by atoms with Gasteiger partial charge in [-0.25, -0.2) is 0 Å². The molecule has 2 N–H and O–H groups in total. The first-order valence-corrected chi connectivity index (χ1v) is 7.59. The number of nitrogens with one attached hydrogen (secondary N) is 2. The van der Waals surface area contributed by atoms with Crippen LogP contribution in [0.15, 0.2) is 24.4 Å². The van der Waals surface area contributed by atoms with Gasteiger partial charge in [0.15, 0.2) is 0 Å². The first kappa shape index (κ1) is 14.6. The van der Waals surface area contributed by atoms with Crippen LogP contribution in [0.4, 0.5) is 0 Å². The van der Waals surface area contributed by atoms with E-state index in [1.165, 1.54) is 5.56 Å². The number of aromatic nitrogens is 2. The lowest BCUT2D eigenvalue weighted by Crippen LogP contribution is -2.39. The number of aromatic amines is 1. The molecule has 22 heavy (non-hydrogen) atoms. The zero-order chi connectivity index (χ0) is 15.5. The van der Waals surface area contributed by atoms with E-state index in [2.05, 4.69) is 15.5 Å². The fourth-order valence-corrected chi connectivity index (χ4v) is 3.03. The summed E-state index contributed by atoms with van der Waals surface area (Å²) < 4.78 is 5.33. The number of methoxy groups -OCH3 is 1. The molecule has 116 valence electrons. The number of aryl methyl sites for hydroxylation is 2. The topological polar surface area (TPSA) is 67.0 Å². The standard InChI is InChI=1S/C17H21N3O2/c1-11-3-6-16(22-2)13(7-11)8-17(21)19-14-5-4-12-10-18-20-15(12)9-14/h3,6-7,10,14H,4-5,8-9H2,1-2H3,(H,18,20)(H,19,21). The summed E-state index contributed by atoms with van der Waals surface area (Å²) in [4.78, 5) is 12.3. The molecule has 0 radical (unpaired) electrons. The molecule has 0 saturated carbocycles. The summed E-state index contributed by atoms with van der Waals surface area (Å²) in [7, 11) is 1.63. The number of carbonyl (C=O) groups excluding carboxylic acids is 1. The molecular formula is C17H21N3O2. The Morgan fingerprint density at radius 1 is 1.50 bits per heavy atom. The Hall–Kier alpha value is -2.30. The average Bonchev–Trinajstić information content (AvgIpc) is 2.95. The lowest BCUT2D eigenvalue weighted by Gasteiger charge is -2.23. The summed E-state index contributed by atoms with van der Waals surface area (Å²) in [6.07, 6.45) is 4.97. The van der Waals surface area contributed by atoms with E-state index in [4.69, 9.17) is 4.74 Å². The Kier molecular flexibility index (Phi) is 4.13. The quantitative estimate of drug-likeness (QED) is 0.906. The Morgan fingerprint density at radius 2 is 2.36 bits per heavy atom. The van der Waals surface area contributed by atoms with Crippen molar-refractivity contribution in [3.63, 3.8) is 0 Å². The van der Waals surface area contributed by atoms with Gasteiger partial charge >= 0.3 is 0 Å². The summed E-state index contributed by atoms with van der Waals surface area (Å²) in [6, 6.07) is 6.08. The highest BCUT2D eigenvalue weighted by Crippen LogP contribution is 2.21. The monoisotopic (exact) mass is 299 g/mol. The highest BCUT2D eigenvalue weighted by molar-refractivity contribution is 5.79. The van der Waals surface area contributed by atoms with Crippen LogP contribution in [-0.2, 0) is 24.1 Å². The van der Waals surface area contributed by atoms with Crippen LogP contribution in [-0.4, -0.2) is 29.3 Å². The van der Waals surface area contributed by atoms with E-state index in [9.17, 15) is 4.79 Å². The van der Waals surface area contributed by atoms with Crippen LogP contribution in [0.3, 0.4) is 0 Å². The van der Waals surface area contributed by atoms with Crippen molar-refractivity contribution in [2.45, 2.75) is 38.6 Å². The first-order chi connectivity index (χ1) is 10.7. The Bertz CT molecular complexity index is 678. The molecule has 0 saturated heterocycles. The van der Waals surface area contributed by atoms with E-state index in [0.717, 1.165) is 41.8 Å². The number of rotatable bonds is 4. The van der Waals surface area contributed by atoms with Gasteiger partial charge in [-0.1, -0.05) is 17.7 Å². The molecule has 1 aliphatic carbocycles. The molecule has 1 aromatic heterocycles. The summed E-state index contributed by atoms with van der Waals surface area (Å²) >= 11 is 0. The lowest BCUT2D eigenvalue weighted by molar-refractivity contribution is -0.121. The van der Waals surface area contributed by atoms with Crippen LogP contribution in [0, 0.1) is 6.92 Å². The second kappa shape index (κ2) is 6.22. The maximum Gasteiger partial charge on any atom is 0.224 e.